The Morgan fingerprint density at radius 3 is 1.33 bits per heavy atom. The third kappa shape index (κ3) is 4.08. The lowest BCUT2D eigenvalue weighted by atomic mass is 10.2. The van der Waals surface area contributed by atoms with Crippen LogP contribution in [0.25, 0.3) is 5.76 Å². The Kier molecular flexibility index (Phi) is 6.42. The van der Waals surface area contributed by atoms with Gasteiger partial charge in [-0.3, -0.25) is 0 Å². The number of ether oxygens (including phenoxy) is 1. The minimum atomic E-state index is -2.09. The molecule has 0 aromatic heterocycles. The van der Waals surface area contributed by atoms with Gasteiger partial charge in [0.15, 0.2) is 5.76 Å². The summed E-state index contributed by atoms with van der Waals surface area (Å²) in [7, 11) is -2.09. The van der Waals surface area contributed by atoms with Crippen LogP contribution in [-0.4, -0.2) is 6.61 Å². The van der Waals surface area contributed by atoms with Crippen molar-refractivity contribution in [1.29, 1.82) is 0 Å². The molecule has 4 rings (SSSR count). The summed E-state index contributed by atoms with van der Waals surface area (Å²) < 4.78 is 6.24. The van der Waals surface area contributed by atoms with Crippen molar-refractivity contribution in [3.63, 3.8) is 0 Å². The third-order valence-electron chi connectivity index (χ3n) is 5.16. The van der Waals surface area contributed by atoms with Crippen LogP contribution in [-0.2, 0) is 4.74 Å². The molecule has 2 heteroatoms. The van der Waals surface area contributed by atoms with Crippen molar-refractivity contribution >= 4 is 28.9 Å². The Hall–Kier alpha value is -3.15. The summed E-state index contributed by atoms with van der Waals surface area (Å²) in [5, 5.41) is 3.95. The average molecular weight is 409 g/mol. The van der Waals surface area contributed by atoms with Crippen LogP contribution in [0.1, 0.15) is 12.5 Å². The highest BCUT2D eigenvalue weighted by Crippen LogP contribution is 2.58. The van der Waals surface area contributed by atoms with Gasteiger partial charge in [0.1, 0.15) is 29.0 Å². The van der Waals surface area contributed by atoms with Crippen LogP contribution in [0.3, 0.4) is 0 Å². The van der Waals surface area contributed by atoms with E-state index < -0.39 is 7.26 Å². The van der Waals surface area contributed by atoms with E-state index in [0.717, 1.165) is 11.3 Å². The topological polar surface area (TPSA) is 9.23 Å². The maximum atomic E-state index is 6.24. The molecule has 0 saturated heterocycles. The van der Waals surface area contributed by atoms with Crippen molar-refractivity contribution in [3.8, 4) is 0 Å². The molecule has 30 heavy (non-hydrogen) atoms. The molecule has 0 aliphatic heterocycles. The summed E-state index contributed by atoms with van der Waals surface area (Å²) in [6, 6.07) is 42.9. The van der Waals surface area contributed by atoms with Crippen LogP contribution in [0.2, 0.25) is 0 Å². The second-order valence-corrected chi connectivity index (χ2v) is 10.3. The highest BCUT2D eigenvalue weighted by molar-refractivity contribution is 7.98. The first kappa shape index (κ1) is 20.1. The Bertz CT molecular complexity index is 978. The first-order valence-corrected chi connectivity index (χ1v) is 12.2. The standard InChI is InChI=1S/C28H26OP/c1-2-29-28(24-15-7-3-8-16-24)23-30(25-17-9-4-10-18-25,26-19-11-5-12-20-26)27-21-13-6-14-22-27/h3-23H,2H2,1H3/q+1. The first-order valence-electron chi connectivity index (χ1n) is 10.3. The van der Waals surface area contributed by atoms with Crippen LogP contribution >= 0.6 is 7.26 Å². The second kappa shape index (κ2) is 9.57. The number of hydrogen-bond acceptors (Lipinski definition) is 1. The van der Waals surface area contributed by atoms with E-state index in [1.165, 1.54) is 15.9 Å². The molecule has 0 saturated carbocycles. The molecule has 148 valence electrons. The Morgan fingerprint density at radius 2 is 0.967 bits per heavy atom. The zero-order valence-corrected chi connectivity index (χ0v) is 18.1. The molecular weight excluding hydrogens is 383 g/mol. The van der Waals surface area contributed by atoms with Gasteiger partial charge in [0.05, 0.1) is 6.61 Å². The zero-order chi connectivity index (χ0) is 20.7. The minimum Gasteiger partial charge on any atom is -0.490 e. The largest absolute Gasteiger partial charge is 0.490 e. The maximum absolute atomic E-state index is 6.24. The SMILES string of the molecule is CCOC(=C[P+](c1ccccc1)(c1ccccc1)c1ccccc1)c1ccccc1. The van der Waals surface area contributed by atoms with E-state index in [2.05, 4.69) is 121 Å². The lowest BCUT2D eigenvalue weighted by molar-refractivity contribution is 0.298. The fraction of sp³-hybridized carbons (Fsp3) is 0.0714. The van der Waals surface area contributed by atoms with Gasteiger partial charge in [-0.1, -0.05) is 84.9 Å². The van der Waals surface area contributed by atoms with Crippen LogP contribution in [0, 0.1) is 0 Å². The monoisotopic (exact) mass is 409 g/mol. The highest BCUT2D eigenvalue weighted by Gasteiger charge is 2.44. The van der Waals surface area contributed by atoms with Gasteiger partial charge < -0.3 is 4.74 Å². The normalized spacial score (nSPS) is 11.8. The average Bonchev–Trinajstić information content (AvgIpc) is 2.84. The minimum absolute atomic E-state index is 0.624. The fourth-order valence-electron chi connectivity index (χ4n) is 3.79. The summed E-state index contributed by atoms with van der Waals surface area (Å²) in [5.41, 5.74) is 1.10. The van der Waals surface area contributed by atoms with Gasteiger partial charge in [-0.15, -0.1) is 0 Å². The predicted molar refractivity (Wildman–Crippen MR) is 131 cm³/mol. The van der Waals surface area contributed by atoms with Crippen LogP contribution in [0.4, 0.5) is 0 Å². The van der Waals surface area contributed by atoms with Crippen molar-refractivity contribution in [2.45, 2.75) is 6.92 Å². The Labute approximate surface area is 180 Å². The molecule has 4 aromatic carbocycles. The highest BCUT2D eigenvalue weighted by atomic mass is 31.2. The molecule has 0 fully saturated rings. The van der Waals surface area contributed by atoms with E-state index in [4.69, 9.17) is 4.74 Å². The second-order valence-electron chi connectivity index (χ2n) is 7.02. The molecule has 0 unspecified atom stereocenters. The van der Waals surface area contributed by atoms with E-state index in [0.29, 0.717) is 6.61 Å². The maximum Gasteiger partial charge on any atom is 0.162 e. The van der Waals surface area contributed by atoms with Crippen molar-refractivity contribution in [3.05, 3.63) is 133 Å². The molecular formula is C28H26OP+. The van der Waals surface area contributed by atoms with Crippen molar-refractivity contribution in [1.82, 2.24) is 0 Å². The summed E-state index contributed by atoms with van der Waals surface area (Å²) in [4.78, 5) is 0. The Morgan fingerprint density at radius 1 is 0.600 bits per heavy atom. The Balaban J connectivity index is 2.07. The van der Waals surface area contributed by atoms with Gasteiger partial charge in [-0.25, -0.2) is 0 Å². The van der Waals surface area contributed by atoms with Crippen molar-refractivity contribution in [2.24, 2.45) is 0 Å². The van der Waals surface area contributed by atoms with Crippen LogP contribution < -0.4 is 15.9 Å². The van der Waals surface area contributed by atoms with Crippen LogP contribution in [0.5, 0.6) is 0 Å². The van der Waals surface area contributed by atoms with Gasteiger partial charge in [0, 0.05) is 5.56 Å². The fourth-order valence-corrected chi connectivity index (χ4v) is 7.63. The van der Waals surface area contributed by atoms with Gasteiger partial charge in [-0.05, 0) is 43.3 Å². The molecule has 0 radical (unpaired) electrons. The lowest BCUT2D eigenvalue weighted by Crippen LogP contribution is -2.30. The first-order chi connectivity index (χ1) is 14.8. The van der Waals surface area contributed by atoms with E-state index in [-0.39, 0.29) is 0 Å². The predicted octanol–water partition coefficient (Wildman–Crippen LogP) is 6.02. The van der Waals surface area contributed by atoms with Crippen LogP contribution in [0.15, 0.2) is 127 Å². The van der Waals surface area contributed by atoms with Crippen molar-refractivity contribution < 1.29 is 4.74 Å². The summed E-state index contributed by atoms with van der Waals surface area (Å²) in [6.07, 6.45) is 0. The van der Waals surface area contributed by atoms with E-state index >= 15 is 0 Å². The van der Waals surface area contributed by atoms with E-state index in [9.17, 15) is 0 Å². The van der Waals surface area contributed by atoms with Crippen molar-refractivity contribution in [2.75, 3.05) is 6.61 Å². The number of benzene rings is 4. The smallest absolute Gasteiger partial charge is 0.162 e. The molecule has 0 aliphatic rings. The summed E-state index contributed by atoms with van der Waals surface area (Å²) in [5.74, 6) is 3.33. The quantitative estimate of drug-likeness (QED) is 0.268. The molecule has 0 atom stereocenters. The molecule has 4 aromatic rings. The molecule has 0 amide bonds. The van der Waals surface area contributed by atoms with Gasteiger partial charge in [0.25, 0.3) is 0 Å². The molecule has 0 heterocycles. The zero-order valence-electron chi connectivity index (χ0n) is 17.2. The molecule has 0 aliphatic carbocycles. The van der Waals surface area contributed by atoms with Gasteiger partial charge >= 0.3 is 0 Å². The number of rotatable bonds is 7. The lowest BCUT2D eigenvalue weighted by Gasteiger charge is -2.25. The molecule has 1 nitrogen and oxygen atoms in total. The molecule has 0 spiro atoms. The summed E-state index contributed by atoms with van der Waals surface area (Å²) >= 11 is 0. The van der Waals surface area contributed by atoms with Gasteiger partial charge in [-0.2, -0.15) is 0 Å². The number of hydrogen-bond donors (Lipinski definition) is 0. The van der Waals surface area contributed by atoms with E-state index in [1.807, 2.05) is 13.0 Å². The molecule has 0 bridgehead atoms. The summed E-state index contributed by atoms with van der Waals surface area (Å²) in [6.45, 7) is 2.67. The third-order valence-corrected chi connectivity index (χ3v) is 9.12. The van der Waals surface area contributed by atoms with Gasteiger partial charge in [0.2, 0.25) is 0 Å². The molecule has 0 N–H and O–H groups in total. The van der Waals surface area contributed by atoms with E-state index in [1.54, 1.807) is 0 Å².